The minimum Gasteiger partial charge on any atom is -0.366 e. The van der Waals surface area contributed by atoms with E-state index in [1.54, 1.807) is 23.6 Å². The van der Waals surface area contributed by atoms with E-state index >= 15 is 0 Å². The quantitative estimate of drug-likeness (QED) is 0.812. The molecule has 0 unspecified atom stereocenters. The lowest BCUT2D eigenvalue weighted by atomic mass is 10.2. The number of hydrogen-bond acceptors (Lipinski definition) is 3. The Kier molecular flexibility index (Phi) is 2.28. The number of carbonyl (C=O) groups excluding carboxylic acids is 1. The summed E-state index contributed by atoms with van der Waals surface area (Å²) < 4.78 is 0. The van der Waals surface area contributed by atoms with Crippen molar-refractivity contribution < 1.29 is 4.79 Å². The number of primary amides is 1. The van der Waals surface area contributed by atoms with Crippen LogP contribution in [0.1, 0.15) is 10.4 Å². The summed E-state index contributed by atoms with van der Waals surface area (Å²) in [7, 11) is 0. The van der Waals surface area contributed by atoms with Gasteiger partial charge in [0.05, 0.1) is 5.56 Å². The predicted octanol–water partition coefficient (Wildman–Crippen LogP) is 1.91. The lowest BCUT2D eigenvalue weighted by Gasteiger charge is -1.98. The number of carbonyl (C=O) groups is 1. The molecule has 0 aromatic carbocycles. The van der Waals surface area contributed by atoms with Crippen LogP contribution in [0.2, 0.25) is 0 Å². The highest BCUT2D eigenvalue weighted by Gasteiger charge is 2.04. The zero-order chi connectivity index (χ0) is 9.97. The van der Waals surface area contributed by atoms with Gasteiger partial charge in [-0.25, -0.2) is 0 Å². The maximum absolute atomic E-state index is 10.9. The van der Waals surface area contributed by atoms with Crippen LogP contribution in [0.3, 0.4) is 0 Å². The lowest BCUT2D eigenvalue weighted by molar-refractivity contribution is 0.1000. The second kappa shape index (κ2) is 3.59. The summed E-state index contributed by atoms with van der Waals surface area (Å²) in [6.45, 7) is 0. The first-order valence-corrected chi connectivity index (χ1v) is 4.94. The van der Waals surface area contributed by atoms with Gasteiger partial charge in [0.1, 0.15) is 0 Å². The Labute approximate surface area is 85.2 Å². The van der Waals surface area contributed by atoms with Gasteiger partial charge in [0.15, 0.2) is 0 Å². The van der Waals surface area contributed by atoms with Crippen LogP contribution in [0.4, 0.5) is 0 Å². The number of hydrogen-bond donors (Lipinski definition) is 1. The molecular formula is C10H8N2OS. The van der Waals surface area contributed by atoms with E-state index in [0.29, 0.717) is 5.56 Å². The lowest BCUT2D eigenvalue weighted by Crippen LogP contribution is -2.11. The zero-order valence-electron chi connectivity index (χ0n) is 7.31. The molecule has 2 rings (SSSR count). The minimum absolute atomic E-state index is 0.441. The molecule has 0 saturated heterocycles. The average Bonchev–Trinajstić information content (AvgIpc) is 2.71. The molecule has 2 aromatic heterocycles. The Morgan fingerprint density at radius 1 is 1.43 bits per heavy atom. The standard InChI is InChI=1S/C10H8N2OS/c11-10(13)8-4-7(5-12-6-8)9-2-1-3-14-9/h1-6H,(H2,11,13). The van der Waals surface area contributed by atoms with Crippen LogP contribution in [0.25, 0.3) is 10.4 Å². The summed E-state index contributed by atoms with van der Waals surface area (Å²) in [6.07, 6.45) is 3.19. The molecule has 0 fully saturated rings. The molecule has 70 valence electrons. The van der Waals surface area contributed by atoms with Crippen molar-refractivity contribution in [2.24, 2.45) is 5.73 Å². The Balaban J connectivity index is 2.46. The molecule has 2 heterocycles. The van der Waals surface area contributed by atoms with Gasteiger partial charge in [0.2, 0.25) is 5.91 Å². The van der Waals surface area contributed by atoms with Crippen LogP contribution in [0.15, 0.2) is 36.0 Å². The van der Waals surface area contributed by atoms with Gasteiger partial charge in [0, 0.05) is 22.8 Å². The molecule has 0 atom stereocenters. The third kappa shape index (κ3) is 1.65. The third-order valence-corrected chi connectivity index (χ3v) is 2.75. The first-order chi connectivity index (χ1) is 6.77. The van der Waals surface area contributed by atoms with Crippen molar-refractivity contribution in [2.45, 2.75) is 0 Å². The van der Waals surface area contributed by atoms with Gasteiger partial charge >= 0.3 is 0 Å². The second-order valence-corrected chi connectivity index (χ2v) is 3.75. The summed E-state index contributed by atoms with van der Waals surface area (Å²) in [5, 5.41) is 1.98. The van der Waals surface area contributed by atoms with Crippen LogP contribution in [0.5, 0.6) is 0 Å². The van der Waals surface area contributed by atoms with Crippen molar-refractivity contribution in [3.63, 3.8) is 0 Å². The molecule has 0 aliphatic heterocycles. The van der Waals surface area contributed by atoms with E-state index in [0.717, 1.165) is 10.4 Å². The second-order valence-electron chi connectivity index (χ2n) is 2.80. The van der Waals surface area contributed by atoms with E-state index in [1.807, 2.05) is 17.5 Å². The molecular weight excluding hydrogens is 196 g/mol. The zero-order valence-corrected chi connectivity index (χ0v) is 8.12. The van der Waals surface area contributed by atoms with E-state index < -0.39 is 5.91 Å². The largest absolute Gasteiger partial charge is 0.366 e. The number of rotatable bonds is 2. The van der Waals surface area contributed by atoms with Crippen molar-refractivity contribution in [1.29, 1.82) is 0 Å². The van der Waals surface area contributed by atoms with Crippen molar-refractivity contribution in [1.82, 2.24) is 4.98 Å². The van der Waals surface area contributed by atoms with Gasteiger partial charge < -0.3 is 5.73 Å². The van der Waals surface area contributed by atoms with E-state index in [4.69, 9.17) is 5.73 Å². The molecule has 2 aromatic rings. The molecule has 1 amide bonds. The monoisotopic (exact) mass is 204 g/mol. The molecule has 2 N–H and O–H groups in total. The number of amides is 1. The van der Waals surface area contributed by atoms with Crippen LogP contribution in [-0.4, -0.2) is 10.9 Å². The van der Waals surface area contributed by atoms with Crippen LogP contribution >= 0.6 is 11.3 Å². The Morgan fingerprint density at radius 2 is 2.29 bits per heavy atom. The predicted molar refractivity (Wildman–Crippen MR) is 56.1 cm³/mol. The van der Waals surface area contributed by atoms with E-state index in [1.165, 1.54) is 6.20 Å². The summed E-state index contributed by atoms with van der Waals surface area (Å²) in [5.74, 6) is -0.448. The summed E-state index contributed by atoms with van der Waals surface area (Å²) in [4.78, 5) is 16.0. The fourth-order valence-electron chi connectivity index (χ4n) is 1.15. The smallest absolute Gasteiger partial charge is 0.250 e. The molecule has 0 saturated carbocycles. The van der Waals surface area contributed by atoms with Gasteiger partial charge in [-0.2, -0.15) is 0 Å². The van der Waals surface area contributed by atoms with Gasteiger partial charge in [-0.05, 0) is 17.5 Å². The number of thiophene rings is 1. The summed E-state index contributed by atoms with van der Waals surface area (Å²) in [5.41, 5.74) is 6.53. The van der Waals surface area contributed by atoms with Crippen molar-refractivity contribution in [3.8, 4) is 10.4 Å². The van der Waals surface area contributed by atoms with Gasteiger partial charge in [-0.3, -0.25) is 9.78 Å². The first-order valence-electron chi connectivity index (χ1n) is 4.06. The molecule has 0 aliphatic rings. The molecule has 0 bridgehead atoms. The summed E-state index contributed by atoms with van der Waals surface area (Å²) in [6, 6.07) is 5.69. The van der Waals surface area contributed by atoms with Crippen molar-refractivity contribution >= 4 is 17.2 Å². The van der Waals surface area contributed by atoms with Gasteiger partial charge in [0.25, 0.3) is 0 Å². The maximum Gasteiger partial charge on any atom is 0.250 e. The topological polar surface area (TPSA) is 56.0 Å². The highest BCUT2D eigenvalue weighted by molar-refractivity contribution is 7.13. The number of aromatic nitrogens is 1. The molecule has 14 heavy (non-hydrogen) atoms. The van der Waals surface area contributed by atoms with Gasteiger partial charge in [-0.15, -0.1) is 11.3 Å². The first kappa shape index (κ1) is 8.90. The number of pyridine rings is 1. The van der Waals surface area contributed by atoms with Crippen LogP contribution in [0, 0.1) is 0 Å². The molecule has 3 nitrogen and oxygen atoms in total. The number of nitrogens with zero attached hydrogens (tertiary/aromatic N) is 1. The third-order valence-electron chi connectivity index (χ3n) is 1.83. The Bertz CT molecular complexity index is 451. The van der Waals surface area contributed by atoms with Crippen molar-refractivity contribution in [2.75, 3.05) is 0 Å². The minimum atomic E-state index is -0.448. The van der Waals surface area contributed by atoms with Crippen molar-refractivity contribution in [3.05, 3.63) is 41.5 Å². The molecule has 4 heteroatoms. The SMILES string of the molecule is NC(=O)c1cncc(-c2cccs2)c1. The van der Waals surface area contributed by atoms with Crippen LogP contribution < -0.4 is 5.73 Å². The highest BCUT2D eigenvalue weighted by Crippen LogP contribution is 2.24. The number of nitrogens with two attached hydrogens (primary N) is 1. The fourth-order valence-corrected chi connectivity index (χ4v) is 1.86. The fraction of sp³-hybridized carbons (Fsp3) is 0. The average molecular weight is 204 g/mol. The van der Waals surface area contributed by atoms with Gasteiger partial charge in [-0.1, -0.05) is 6.07 Å². The maximum atomic E-state index is 10.9. The normalized spacial score (nSPS) is 10.0. The Morgan fingerprint density at radius 3 is 2.93 bits per heavy atom. The highest BCUT2D eigenvalue weighted by atomic mass is 32.1. The molecule has 0 aliphatic carbocycles. The summed E-state index contributed by atoms with van der Waals surface area (Å²) >= 11 is 1.60. The van der Waals surface area contributed by atoms with E-state index in [2.05, 4.69) is 4.98 Å². The molecule has 0 radical (unpaired) electrons. The van der Waals surface area contributed by atoms with Crippen LogP contribution in [-0.2, 0) is 0 Å². The Hall–Kier alpha value is -1.68. The van der Waals surface area contributed by atoms with E-state index in [-0.39, 0.29) is 0 Å². The molecule has 0 spiro atoms. The van der Waals surface area contributed by atoms with E-state index in [9.17, 15) is 4.79 Å².